The largest absolute Gasteiger partial charge is 0.464 e. The smallest absolute Gasteiger partial charge is 0.410 e. The minimum atomic E-state index is -1.45. The van der Waals surface area contributed by atoms with Crippen LogP contribution in [0.15, 0.2) is 0 Å². The molecular formula is C15H25NO6. The highest BCUT2D eigenvalue weighted by atomic mass is 16.6. The van der Waals surface area contributed by atoms with Crippen molar-refractivity contribution in [3.8, 4) is 0 Å². The van der Waals surface area contributed by atoms with E-state index in [1.54, 1.807) is 27.7 Å². The van der Waals surface area contributed by atoms with Crippen LogP contribution in [0.25, 0.3) is 0 Å². The number of Topliss-reactive ketones (excluding diaryl/α,β-unsaturated/α-hetero) is 1. The van der Waals surface area contributed by atoms with Crippen molar-refractivity contribution in [1.82, 2.24) is 4.90 Å². The van der Waals surface area contributed by atoms with Crippen LogP contribution in [0, 0.1) is 0 Å². The average Bonchev–Trinajstić information content (AvgIpc) is 2.36. The second-order valence-corrected chi connectivity index (χ2v) is 6.34. The van der Waals surface area contributed by atoms with Crippen LogP contribution >= 0.6 is 0 Å². The van der Waals surface area contributed by atoms with E-state index in [1.165, 1.54) is 11.8 Å². The molecule has 126 valence electrons. The molecule has 1 atom stereocenters. The van der Waals surface area contributed by atoms with Crippen LogP contribution in [-0.2, 0) is 23.8 Å². The number of hydrogen-bond acceptors (Lipinski definition) is 6. The summed E-state index contributed by atoms with van der Waals surface area (Å²) < 4.78 is 15.9. The zero-order valence-electron chi connectivity index (χ0n) is 13.9. The van der Waals surface area contributed by atoms with Gasteiger partial charge in [0, 0.05) is 13.0 Å². The number of morpholine rings is 1. The summed E-state index contributed by atoms with van der Waals surface area (Å²) in [6.07, 6.45) is -0.668. The van der Waals surface area contributed by atoms with Crippen molar-refractivity contribution in [3.63, 3.8) is 0 Å². The Labute approximate surface area is 130 Å². The minimum Gasteiger partial charge on any atom is -0.464 e. The third kappa shape index (κ3) is 4.98. The third-order valence-corrected chi connectivity index (χ3v) is 3.02. The first-order valence-corrected chi connectivity index (χ1v) is 7.38. The summed E-state index contributed by atoms with van der Waals surface area (Å²) in [5, 5.41) is 0. The molecule has 0 aromatic carbocycles. The summed E-state index contributed by atoms with van der Waals surface area (Å²) in [5.74, 6) is -0.836. The van der Waals surface area contributed by atoms with Crippen molar-refractivity contribution in [2.75, 3.05) is 26.3 Å². The molecule has 22 heavy (non-hydrogen) atoms. The van der Waals surface area contributed by atoms with Gasteiger partial charge in [0.15, 0.2) is 5.60 Å². The zero-order valence-corrected chi connectivity index (χ0v) is 13.9. The fourth-order valence-corrected chi connectivity index (χ4v) is 2.23. The van der Waals surface area contributed by atoms with Gasteiger partial charge in [-0.25, -0.2) is 9.59 Å². The van der Waals surface area contributed by atoms with Crippen molar-refractivity contribution < 1.29 is 28.6 Å². The van der Waals surface area contributed by atoms with Crippen LogP contribution in [0.4, 0.5) is 4.79 Å². The Kier molecular flexibility index (Phi) is 5.93. The Morgan fingerprint density at radius 2 is 1.91 bits per heavy atom. The highest BCUT2D eigenvalue weighted by molar-refractivity contribution is 5.89. The van der Waals surface area contributed by atoms with E-state index < -0.39 is 23.3 Å². The maximum atomic E-state index is 12.2. The molecule has 0 aliphatic carbocycles. The zero-order chi connectivity index (χ0) is 17.0. The number of rotatable bonds is 4. The quantitative estimate of drug-likeness (QED) is 0.732. The van der Waals surface area contributed by atoms with E-state index in [-0.39, 0.29) is 32.0 Å². The van der Waals surface area contributed by atoms with Crippen molar-refractivity contribution in [3.05, 3.63) is 0 Å². The summed E-state index contributed by atoms with van der Waals surface area (Å²) in [7, 11) is 0. The minimum absolute atomic E-state index is 0.0552. The number of ether oxygens (including phenoxy) is 3. The van der Waals surface area contributed by atoms with E-state index in [1.807, 2.05) is 0 Å². The highest BCUT2D eigenvalue weighted by Crippen LogP contribution is 2.26. The van der Waals surface area contributed by atoms with Crippen molar-refractivity contribution in [2.45, 2.75) is 52.2 Å². The van der Waals surface area contributed by atoms with Gasteiger partial charge in [0.25, 0.3) is 0 Å². The van der Waals surface area contributed by atoms with Crippen LogP contribution in [0.1, 0.15) is 41.0 Å². The standard InChI is InChI=1S/C15H25NO6/c1-6-20-12(18)15(9-11(2)17)10-16(7-8-21-15)13(19)22-14(3,4)5/h6-10H2,1-5H3. The summed E-state index contributed by atoms with van der Waals surface area (Å²) in [5.41, 5.74) is -2.08. The molecular weight excluding hydrogens is 290 g/mol. The fraction of sp³-hybridized carbons (Fsp3) is 0.800. The first-order valence-electron chi connectivity index (χ1n) is 7.38. The first-order chi connectivity index (χ1) is 10.1. The molecule has 0 N–H and O–H groups in total. The van der Waals surface area contributed by atoms with Crippen LogP contribution < -0.4 is 0 Å². The third-order valence-electron chi connectivity index (χ3n) is 3.02. The van der Waals surface area contributed by atoms with E-state index in [0.717, 1.165) is 0 Å². The first kappa shape index (κ1) is 18.4. The average molecular weight is 315 g/mol. The van der Waals surface area contributed by atoms with Gasteiger partial charge in [0.05, 0.1) is 19.8 Å². The molecule has 1 rings (SSSR count). The van der Waals surface area contributed by atoms with Crippen LogP contribution in [-0.4, -0.2) is 60.3 Å². The van der Waals surface area contributed by atoms with E-state index >= 15 is 0 Å². The highest BCUT2D eigenvalue weighted by Gasteiger charge is 2.47. The Bertz CT molecular complexity index is 442. The second-order valence-electron chi connectivity index (χ2n) is 6.34. The van der Waals surface area contributed by atoms with Crippen molar-refractivity contribution in [1.29, 1.82) is 0 Å². The van der Waals surface area contributed by atoms with Gasteiger partial charge in [0.1, 0.15) is 11.4 Å². The molecule has 7 heteroatoms. The van der Waals surface area contributed by atoms with E-state index in [2.05, 4.69) is 0 Å². The SMILES string of the molecule is CCOC(=O)C1(CC(C)=O)CN(C(=O)OC(C)(C)C)CCO1. The molecule has 1 amide bonds. The maximum absolute atomic E-state index is 12.2. The Morgan fingerprint density at radius 3 is 2.41 bits per heavy atom. The molecule has 1 aliphatic heterocycles. The normalized spacial score (nSPS) is 22.1. The van der Waals surface area contributed by atoms with Crippen LogP contribution in [0.5, 0.6) is 0 Å². The number of nitrogens with zero attached hydrogens (tertiary/aromatic N) is 1. The fourth-order valence-electron chi connectivity index (χ4n) is 2.23. The lowest BCUT2D eigenvalue weighted by Crippen LogP contribution is -2.59. The summed E-state index contributed by atoms with van der Waals surface area (Å²) in [4.78, 5) is 37.3. The summed E-state index contributed by atoms with van der Waals surface area (Å²) in [6, 6.07) is 0. The van der Waals surface area contributed by atoms with Gasteiger partial charge in [-0.15, -0.1) is 0 Å². The molecule has 1 saturated heterocycles. The van der Waals surface area contributed by atoms with E-state index in [0.29, 0.717) is 6.54 Å². The van der Waals surface area contributed by atoms with Gasteiger partial charge < -0.3 is 19.1 Å². The van der Waals surface area contributed by atoms with Gasteiger partial charge in [-0.1, -0.05) is 0 Å². The Hall–Kier alpha value is -1.63. The molecule has 0 saturated carbocycles. The number of carbonyl (C=O) groups is 3. The molecule has 1 unspecified atom stereocenters. The molecule has 0 radical (unpaired) electrons. The van der Waals surface area contributed by atoms with Gasteiger partial charge in [-0.05, 0) is 34.6 Å². The number of carbonyl (C=O) groups excluding carboxylic acids is 3. The number of hydrogen-bond donors (Lipinski definition) is 0. The summed E-state index contributed by atoms with van der Waals surface area (Å²) >= 11 is 0. The topological polar surface area (TPSA) is 82.1 Å². The monoisotopic (exact) mass is 315 g/mol. The Balaban J connectivity index is 2.92. The lowest BCUT2D eigenvalue weighted by atomic mass is 9.95. The predicted octanol–water partition coefficient (Wildman–Crippen LogP) is 1.53. The van der Waals surface area contributed by atoms with Gasteiger partial charge in [-0.2, -0.15) is 0 Å². The van der Waals surface area contributed by atoms with Crippen molar-refractivity contribution >= 4 is 17.8 Å². The van der Waals surface area contributed by atoms with E-state index in [9.17, 15) is 14.4 Å². The molecule has 0 spiro atoms. The lowest BCUT2D eigenvalue weighted by molar-refractivity contribution is -0.185. The second kappa shape index (κ2) is 7.09. The molecule has 7 nitrogen and oxygen atoms in total. The van der Waals surface area contributed by atoms with Gasteiger partial charge in [0.2, 0.25) is 0 Å². The molecule has 1 fully saturated rings. The molecule has 0 bridgehead atoms. The molecule has 0 aromatic heterocycles. The number of amides is 1. The van der Waals surface area contributed by atoms with Crippen molar-refractivity contribution in [2.24, 2.45) is 0 Å². The predicted molar refractivity (Wildman–Crippen MR) is 78.4 cm³/mol. The molecule has 1 aliphatic rings. The van der Waals surface area contributed by atoms with Crippen LogP contribution in [0.2, 0.25) is 0 Å². The molecule has 1 heterocycles. The van der Waals surface area contributed by atoms with E-state index in [4.69, 9.17) is 14.2 Å². The number of ketones is 1. The number of esters is 1. The molecule has 0 aromatic rings. The maximum Gasteiger partial charge on any atom is 0.410 e. The Morgan fingerprint density at radius 1 is 1.27 bits per heavy atom. The summed E-state index contributed by atoms with van der Waals surface area (Å²) in [6.45, 7) is 8.90. The van der Waals surface area contributed by atoms with Crippen LogP contribution in [0.3, 0.4) is 0 Å². The van der Waals surface area contributed by atoms with Gasteiger partial charge in [-0.3, -0.25) is 4.79 Å². The lowest BCUT2D eigenvalue weighted by Gasteiger charge is -2.40. The van der Waals surface area contributed by atoms with Gasteiger partial charge >= 0.3 is 12.1 Å².